The van der Waals surface area contributed by atoms with E-state index < -0.39 is 6.10 Å². The molecule has 2 aromatic rings. The summed E-state index contributed by atoms with van der Waals surface area (Å²) < 4.78 is 10.5. The smallest absolute Gasteiger partial charge is 0.265 e. The first-order chi connectivity index (χ1) is 11.1. The van der Waals surface area contributed by atoms with Crippen LogP contribution in [0.4, 0.5) is 11.4 Å². The molecular weight excluding hydrogens is 296 g/mol. The minimum absolute atomic E-state index is 0.212. The van der Waals surface area contributed by atoms with E-state index in [0.717, 1.165) is 0 Å². The van der Waals surface area contributed by atoms with Crippen molar-refractivity contribution in [3.8, 4) is 11.5 Å². The summed E-state index contributed by atoms with van der Waals surface area (Å²) in [6.45, 7) is 1.68. The minimum atomic E-state index is -0.526. The van der Waals surface area contributed by atoms with Gasteiger partial charge in [-0.2, -0.15) is 0 Å². The molecule has 0 bridgehead atoms. The number of ether oxygens (including phenoxy) is 2. The van der Waals surface area contributed by atoms with Crippen LogP contribution in [0.5, 0.6) is 11.5 Å². The Labute approximate surface area is 133 Å². The molecule has 3 rings (SSSR count). The Morgan fingerprint density at radius 2 is 1.96 bits per heavy atom. The van der Waals surface area contributed by atoms with Gasteiger partial charge in [-0.05, 0) is 49.4 Å². The van der Waals surface area contributed by atoms with Crippen LogP contribution in [0.2, 0.25) is 0 Å². The Kier molecular flexibility index (Phi) is 3.89. The Balaban J connectivity index is 1.76. The molecule has 2 N–H and O–H groups in total. The van der Waals surface area contributed by atoms with Crippen molar-refractivity contribution in [3.05, 3.63) is 48.0 Å². The zero-order chi connectivity index (χ0) is 16.4. The van der Waals surface area contributed by atoms with Gasteiger partial charge in [-0.1, -0.05) is 0 Å². The van der Waals surface area contributed by atoms with E-state index in [1.807, 2.05) is 0 Å². The van der Waals surface area contributed by atoms with E-state index in [1.165, 1.54) is 0 Å². The van der Waals surface area contributed by atoms with Crippen LogP contribution in [0.15, 0.2) is 42.5 Å². The first-order valence-electron chi connectivity index (χ1n) is 7.14. The summed E-state index contributed by atoms with van der Waals surface area (Å²) in [7, 11) is 1.57. The van der Waals surface area contributed by atoms with E-state index in [-0.39, 0.29) is 11.8 Å². The van der Waals surface area contributed by atoms with Crippen molar-refractivity contribution in [2.24, 2.45) is 0 Å². The highest BCUT2D eigenvalue weighted by atomic mass is 16.5. The number of rotatable bonds is 3. The van der Waals surface area contributed by atoms with E-state index in [4.69, 9.17) is 9.47 Å². The molecule has 0 spiro atoms. The Hall–Kier alpha value is -3.02. The van der Waals surface area contributed by atoms with Gasteiger partial charge in [0.15, 0.2) is 6.10 Å². The van der Waals surface area contributed by atoms with Gasteiger partial charge in [0.05, 0.1) is 12.8 Å². The van der Waals surface area contributed by atoms with E-state index >= 15 is 0 Å². The number of fused-ring (bicyclic) bond motifs is 1. The van der Waals surface area contributed by atoms with E-state index in [0.29, 0.717) is 28.4 Å². The third kappa shape index (κ3) is 3.11. The Morgan fingerprint density at radius 3 is 2.65 bits per heavy atom. The van der Waals surface area contributed by atoms with Crippen LogP contribution >= 0.6 is 0 Å². The molecule has 0 aliphatic carbocycles. The average Bonchev–Trinajstić information content (AvgIpc) is 2.56. The maximum atomic E-state index is 12.2. The molecule has 0 aromatic heterocycles. The molecule has 23 heavy (non-hydrogen) atoms. The van der Waals surface area contributed by atoms with Gasteiger partial charge in [-0.25, -0.2) is 0 Å². The molecule has 2 amide bonds. The molecule has 1 aliphatic heterocycles. The Bertz CT molecular complexity index is 756. The van der Waals surface area contributed by atoms with Crippen LogP contribution in [0, 0.1) is 0 Å². The van der Waals surface area contributed by atoms with Crippen LogP contribution in [0.3, 0.4) is 0 Å². The predicted molar refractivity (Wildman–Crippen MR) is 86.1 cm³/mol. The highest BCUT2D eigenvalue weighted by molar-refractivity contribution is 6.05. The molecule has 2 aromatic carbocycles. The lowest BCUT2D eigenvalue weighted by Crippen LogP contribution is -2.34. The highest BCUT2D eigenvalue weighted by Crippen LogP contribution is 2.32. The van der Waals surface area contributed by atoms with Crippen LogP contribution in [0.25, 0.3) is 0 Å². The number of hydrogen-bond acceptors (Lipinski definition) is 4. The number of anilines is 2. The second kappa shape index (κ2) is 6.00. The third-order valence-electron chi connectivity index (χ3n) is 3.52. The monoisotopic (exact) mass is 312 g/mol. The summed E-state index contributed by atoms with van der Waals surface area (Å²) in [4.78, 5) is 23.9. The molecule has 6 heteroatoms. The van der Waals surface area contributed by atoms with Gasteiger partial charge in [-0.3, -0.25) is 9.59 Å². The lowest BCUT2D eigenvalue weighted by Gasteiger charge is -2.23. The van der Waals surface area contributed by atoms with Crippen LogP contribution in [0.1, 0.15) is 17.3 Å². The van der Waals surface area contributed by atoms with Gasteiger partial charge >= 0.3 is 0 Å². The molecule has 0 fully saturated rings. The van der Waals surface area contributed by atoms with Crippen molar-refractivity contribution in [2.45, 2.75) is 13.0 Å². The van der Waals surface area contributed by atoms with Crippen molar-refractivity contribution < 1.29 is 19.1 Å². The summed E-state index contributed by atoms with van der Waals surface area (Å²) in [5.74, 6) is 0.809. The number of nitrogens with one attached hydrogen (secondary N) is 2. The standard InChI is InChI=1S/C17H16N2O4/c1-10-16(20)19-14-9-12(5-8-15(14)23-10)18-17(21)11-3-6-13(22-2)7-4-11/h3-10H,1-2H3,(H,18,21)(H,19,20)/t10-/m0/s1. The quantitative estimate of drug-likeness (QED) is 0.913. The molecule has 0 radical (unpaired) electrons. The largest absolute Gasteiger partial charge is 0.497 e. The molecule has 1 atom stereocenters. The number of amides is 2. The number of carbonyl (C=O) groups excluding carboxylic acids is 2. The lowest BCUT2D eigenvalue weighted by molar-refractivity contribution is -0.122. The second-order valence-electron chi connectivity index (χ2n) is 5.14. The highest BCUT2D eigenvalue weighted by Gasteiger charge is 2.23. The summed E-state index contributed by atoms with van der Waals surface area (Å²) in [6.07, 6.45) is -0.526. The number of methoxy groups -OCH3 is 1. The molecule has 1 aliphatic rings. The predicted octanol–water partition coefficient (Wildman–Crippen LogP) is 2.67. The molecular formula is C17H16N2O4. The summed E-state index contributed by atoms with van der Waals surface area (Å²) in [5, 5.41) is 5.53. The van der Waals surface area contributed by atoms with Crippen LogP contribution < -0.4 is 20.1 Å². The van der Waals surface area contributed by atoms with E-state index in [2.05, 4.69) is 10.6 Å². The first-order valence-corrected chi connectivity index (χ1v) is 7.14. The summed E-state index contributed by atoms with van der Waals surface area (Å²) in [6, 6.07) is 11.9. The van der Waals surface area contributed by atoms with Gasteiger partial charge in [0.25, 0.3) is 11.8 Å². The third-order valence-corrected chi connectivity index (χ3v) is 3.52. The summed E-state index contributed by atoms with van der Waals surface area (Å²) in [5.41, 5.74) is 1.63. The molecule has 6 nitrogen and oxygen atoms in total. The second-order valence-corrected chi connectivity index (χ2v) is 5.14. The number of carbonyl (C=O) groups is 2. The van der Waals surface area contributed by atoms with E-state index in [9.17, 15) is 9.59 Å². The molecule has 0 saturated carbocycles. The Morgan fingerprint density at radius 1 is 1.22 bits per heavy atom. The fourth-order valence-electron chi connectivity index (χ4n) is 2.23. The molecule has 0 unspecified atom stereocenters. The van der Waals surface area contributed by atoms with Crippen molar-refractivity contribution in [1.29, 1.82) is 0 Å². The maximum absolute atomic E-state index is 12.2. The first kappa shape index (κ1) is 14.9. The SMILES string of the molecule is COc1ccc(C(=O)Nc2ccc3c(c2)NC(=O)[C@H](C)O3)cc1. The zero-order valence-electron chi connectivity index (χ0n) is 12.8. The lowest BCUT2D eigenvalue weighted by atomic mass is 10.1. The van der Waals surface area contributed by atoms with Crippen molar-refractivity contribution >= 4 is 23.2 Å². The normalized spacial score (nSPS) is 15.9. The molecule has 1 heterocycles. The van der Waals surface area contributed by atoms with Crippen molar-refractivity contribution in [1.82, 2.24) is 0 Å². The summed E-state index contributed by atoms with van der Waals surface area (Å²) >= 11 is 0. The topological polar surface area (TPSA) is 76.7 Å². The fraction of sp³-hybridized carbons (Fsp3) is 0.176. The van der Waals surface area contributed by atoms with Gasteiger partial charge in [-0.15, -0.1) is 0 Å². The van der Waals surface area contributed by atoms with Crippen molar-refractivity contribution in [2.75, 3.05) is 17.7 Å². The van der Waals surface area contributed by atoms with E-state index in [1.54, 1.807) is 56.5 Å². The van der Waals surface area contributed by atoms with Gasteiger partial charge in [0.2, 0.25) is 0 Å². The van der Waals surface area contributed by atoms with Crippen LogP contribution in [-0.4, -0.2) is 25.0 Å². The number of benzene rings is 2. The molecule has 0 saturated heterocycles. The van der Waals surface area contributed by atoms with Crippen molar-refractivity contribution in [3.63, 3.8) is 0 Å². The zero-order valence-corrected chi connectivity index (χ0v) is 12.8. The maximum Gasteiger partial charge on any atom is 0.265 e. The fourth-order valence-corrected chi connectivity index (χ4v) is 2.23. The average molecular weight is 312 g/mol. The van der Waals surface area contributed by atoms with Gasteiger partial charge in [0, 0.05) is 11.3 Å². The number of hydrogen-bond donors (Lipinski definition) is 2. The van der Waals surface area contributed by atoms with Crippen LogP contribution in [-0.2, 0) is 4.79 Å². The molecule has 118 valence electrons. The minimum Gasteiger partial charge on any atom is -0.497 e. The van der Waals surface area contributed by atoms with Gasteiger partial charge in [0.1, 0.15) is 11.5 Å². The van der Waals surface area contributed by atoms with Gasteiger partial charge < -0.3 is 20.1 Å².